The van der Waals surface area contributed by atoms with Crippen molar-refractivity contribution in [3.8, 4) is 17.1 Å². The van der Waals surface area contributed by atoms with Crippen molar-refractivity contribution in [1.82, 2.24) is 15.3 Å². The van der Waals surface area contributed by atoms with Crippen molar-refractivity contribution in [2.45, 2.75) is 18.5 Å². The van der Waals surface area contributed by atoms with Gasteiger partial charge in [-0.2, -0.15) is 0 Å². The first-order valence-electron chi connectivity index (χ1n) is 9.17. The van der Waals surface area contributed by atoms with E-state index >= 15 is 0 Å². The van der Waals surface area contributed by atoms with E-state index in [1.807, 2.05) is 48.5 Å². The molecule has 0 saturated carbocycles. The number of nitrogens with one attached hydrogen (secondary N) is 2. The number of hydrogen-bond donors (Lipinski definition) is 2. The highest BCUT2D eigenvalue weighted by Gasteiger charge is 2.30. The third-order valence-corrected chi connectivity index (χ3v) is 4.91. The summed E-state index contributed by atoms with van der Waals surface area (Å²) in [6.07, 6.45) is 0.634. The molecule has 1 fully saturated rings. The fraction of sp³-hybridized carbons (Fsp3) is 0.286. The second-order valence-electron chi connectivity index (χ2n) is 6.67. The highest BCUT2D eigenvalue weighted by Crippen LogP contribution is 2.31. The lowest BCUT2D eigenvalue weighted by molar-refractivity contribution is -0.142. The van der Waals surface area contributed by atoms with Gasteiger partial charge in [0, 0.05) is 18.0 Å². The third kappa shape index (κ3) is 3.48. The van der Waals surface area contributed by atoms with Gasteiger partial charge in [-0.05, 0) is 30.7 Å². The molecule has 3 aromatic rings. The summed E-state index contributed by atoms with van der Waals surface area (Å²) in [6, 6.07) is 15.3. The van der Waals surface area contributed by atoms with Crippen molar-refractivity contribution < 1.29 is 14.3 Å². The lowest BCUT2D eigenvalue weighted by atomic mass is 10.1. The van der Waals surface area contributed by atoms with Gasteiger partial charge in [0.2, 0.25) is 0 Å². The van der Waals surface area contributed by atoms with Crippen LogP contribution in [0.2, 0.25) is 0 Å². The molecule has 1 saturated heterocycles. The molecule has 0 unspecified atom stereocenters. The summed E-state index contributed by atoms with van der Waals surface area (Å²) in [5.41, 5.74) is 1.67. The van der Waals surface area contributed by atoms with Gasteiger partial charge in [-0.25, -0.2) is 9.97 Å². The van der Waals surface area contributed by atoms with Gasteiger partial charge in [0.1, 0.15) is 17.6 Å². The maximum atomic E-state index is 11.8. The molecule has 0 radical (unpaired) electrons. The molecule has 2 atom stereocenters. The summed E-state index contributed by atoms with van der Waals surface area (Å²) >= 11 is 0. The zero-order valence-electron chi connectivity index (χ0n) is 15.8. The van der Waals surface area contributed by atoms with Crippen LogP contribution >= 0.6 is 0 Å². The zero-order chi connectivity index (χ0) is 19.5. The number of benzene rings is 2. The number of para-hydroxylation sites is 2. The fourth-order valence-electron chi connectivity index (χ4n) is 3.50. The van der Waals surface area contributed by atoms with Gasteiger partial charge in [0.25, 0.3) is 0 Å². The van der Waals surface area contributed by atoms with E-state index in [4.69, 9.17) is 19.4 Å². The van der Waals surface area contributed by atoms with Crippen LogP contribution in [-0.4, -0.2) is 48.8 Å². The van der Waals surface area contributed by atoms with E-state index in [0.717, 1.165) is 28.0 Å². The Morgan fingerprint density at radius 1 is 1.11 bits per heavy atom. The molecule has 1 aliphatic heterocycles. The molecule has 28 heavy (non-hydrogen) atoms. The lowest BCUT2D eigenvalue weighted by Gasteiger charge is -2.16. The quantitative estimate of drug-likeness (QED) is 0.660. The van der Waals surface area contributed by atoms with Crippen LogP contribution in [0.25, 0.3) is 22.3 Å². The summed E-state index contributed by atoms with van der Waals surface area (Å²) in [5, 5.41) is 7.60. The number of aromatic nitrogens is 2. The largest absolute Gasteiger partial charge is 0.496 e. The van der Waals surface area contributed by atoms with Crippen LogP contribution in [0.1, 0.15) is 6.42 Å². The second-order valence-corrected chi connectivity index (χ2v) is 6.67. The summed E-state index contributed by atoms with van der Waals surface area (Å²) < 4.78 is 10.3. The molecule has 1 aromatic heterocycles. The Bertz CT molecular complexity index is 1010. The van der Waals surface area contributed by atoms with Crippen molar-refractivity contribution in [3.05, 3.63) is 48.5 Å². The molecule has 0 aliphatic carbocycles. The summed E-state index contributed by atoms with van der Waals surface area (Å²) in [7, 11) is 3.04. The van der Waals surface area contributed by atoms with E-state index < -0.39 is 0 Å². The molecule has 144 valence electrons. The Kier molecular flexibility index (Phi) is 5.08. The minimum absolute atomic E-state index is 0.0629. The molecule has 7 nitrogen and oxygen atoms in total. The first kappa shape index (κ1) is 18.2. The summed E-state index contributed by atoms with van der Waals surface area (Å²) in [5.74, 6) is 1.81. The highest BCUT2D eigenvalue weighted by molar-refractivity contribution is 5.91. The molecule has 0 amide bonds. The number of anilines is 1. The zero-order valence-corrected chi connectivity index (χ0v) is 15.8. The number of esters is 1. The van der Waals surface area contributed by atoms with Gasteiger partial charge in [0.05, 0.1) is 25.3 Å². The van der Waals surface area contributed by atoms with Crippen molar-refractivity contribution in [2.24, 2.45) is 0 Å². The van der Waals surface area contributed by atoms with Crippen LogP contribution < -0.4 is 15.4 Å². The molecule has 4 rings (SSSR count). The molecule has 2 aromatic carbocycles. The topological polar surface area (TPSA) is 85.4 Å². The number of nitrogens with zero attached hydrogens (tertiary/aromatic N) is 2. The second kappa shape index (κ2) is 7.82. The minimum Gasteiger partial charge on any atom is -0.496 e. The molecular weight excluding hydrogens is 356 g/mol. The first-order valence-corrected chi connectivity index (χ1v) is 9.17. The molecule has 2 N–H and O–H groups in total. The molecular formula is C21H22N4O3. The van der Waals surface area contributed by atoms with E-state index in [-0.39, 0.29) is 18.1 Å². The van der Waals surface area contributed by atoms with Gasteiger partial charge < -0.3 is 20.1 Å². The number of methoxy groups -OCH3 is 2. The van der Waals surface area contributed by atoms with Gasteiger partial charge in [-0.1, -0.05) is 24.3 Å². The predicted molar refractivity (Wildman–Crippen MR) is 107 cm³/mol. The number of fused-ring (bicyclic) bond motifs is 1. The van der Waals surface area contributed by atoms with Gasteiger partial charge in [-0.3, -0.25) is 4.79 Å². The van der Waals surface area contributed by atoms with Crippen molar-refractivity contribution >= 4 is 22.7 Å². The van der Waals surface area contributed by atoms with E-state index in [9.17, 15) is 4.79 Å². The number of ether oxygens (including phenoxy) is 2. The Labute approximate surface area is 163 Å². The number of carbonyl (C=O) groups is 1. The monoisotopic (exact) mass is 378 g/mol. The van der Waals surface area contributed by atoms with Crippen molar-refractivity contribution in [1.29, 1.82) is 0 Å². The molecule has 0 bridgehead atoms. The minimum atomic E-state index is -0.302. The van der Waals surface area contributed by atoms with E-state index in [2.05, 4.69) is 10.6 Å². The number of rotatable bonds is 5. The number of carbonyl (C=O) groups excluding carboxylic acids is 1. The Morgan fingerprint density at radius 2 is 1.89 bits per heavy atom. The first-order chi connectivity index (χ1) is 13.7. The Morgan fingerprint density at radius 3 is 2.71 bits per heavy atom. The number of hydrogen-bond acceptors (Lipinski definition) is 7. The van der Waals surface area contributed by atoms with E-state index in [0.29, 0.717) is 18.8 Å². The van der Waals surface area contributed by atoms with Crippen LogP contribution in [0.3, 0.4) is 0 Å². The normalized spacial score (nSPS) is 18.8. The maximum Gasteiger partial charge on any atom is 0.322 e. The molecule has 2 heterocycles. The molecule has 7 heteroatoms. The van der Waals surface area contributed by atoms with Gasteiger partial charge >= 0.3 is 5.97 Å². The van der Waals surface area contributed by atoms with Crippen LogP contribution in [0.5, 0.6) is 5.75 Å². The Hall–Kier alpha value is -3.19. The van der Waals surface area contributed by atoms with Crippen LogP contribution in [0.4, 0.5) is 5.82 Å². The fourth-order valence-corrected chi connectivity index (χ4v) is 3.50. The van der Waals surface area contributed by atoms with E-state index in [1.165, 1.54) is 7.11 Å². The standard InChI is InChI=1S/C21H22N4O3/c1-27-18-10-6-4-8-15(18)20-24-16-9-5-3-7-14(16)19(25-20)23-13-11-17(22-12-13)21(26)28-2/h3-10,13,17,22H,11-12H2,1-2H3,(H,23,24,25)/t13-,17+/m0/s1. The SMILES string of the molecule is COC(=O)[C@H]1C[C@H](Nc2nc(-c3ccccc3OC)nc3ccccc23)CN1. The Balaban J connectivity index is 1.71. The average molecular weight is 378 g/mol. The average Bonchev–Trinajstić information content (AvgIpc) is 3.21. The molecule has 1 aliphatic rings. The van der Waals surface area contributed by atoms with Crippen molar-refractivity contribution in [2.75, 3.05) is 26.1 Å². The highest BCUT2D eigenvalue weighted by atomic mass is 16.5. The summed E-state index contributed by atoms with van der Waals surface area (Å²) in [6.45, 7) is 0.655. The predicted octanol–water partition coefficient (Wildman–Crippen LogP) is 2.62. The van der Waals surface area contributed by atoms with Gasteiger partial charge in [0.15, 0.2) is 5.82 Å². The van der Waals surface area contributed by atoms with E-state index in [1.54, 1.807) is 7.11 Å². The smallest absolute Gasteiger partial charge is 0.322 e. The van der Waals surface area contributed by atoms with Crippen LogP contribution in [-0.2, 0) is 9.53 Å². The molecule has 0 spiro atoms. The van der Waals surface area contributed by atoms with Crippen LogP contribution in [0.15, 0.2) is 48.5 Å². The van der Waals surface area contributed by atoms with Gasteiger partial charge in [-0.15, -0.1) is 0 Å². The third-order valence-electron chi connectivity index (χ3n) is 4.91. The summed E-state index contributed by atoms with van der Waals surface area (Å²) in [4.78, 5) is 21.3. The van der Waals surface area contributed by atoms with Crippen molar-refractivity contribution in [3.63, 3.8) is 0 Å². The lowest BCUT2D eigenvalue weighted by Crippen LogP contribution is -2.31. The van der Waals surface area contributed by atoms with Crippen LogP contribution in [0, 0.1) is 0 Å². The maximum absolute atomic E-state index is 11.8.